The summed E-state index contributed by atoms with van der Waals surface area (Å²) in [5.41, 5.74) is 0.989. The van der Waals surface area contributed by atoms with Crippen LogP contribution in [0.25, 0.3) is 0 Å². The molecule has 0 aliphatic rings. The summed E-state index contributed by atoms with van der Waals surface area (Å²) >= 11 is 18.1. The van der Waals surface area contributed by atoms with Crippen molar-refractivity contribution in [3.63, 3.8) is 0 Å². The molecule has 32 heavy (non-hydrogen) atoms. The number of hydrogen-bond acceptors (Lipinski definition) is 4. The second-order valence-corrected chi connectivity index (χ2v) is 7.94. The summed E-state index contributed by atoms with van der Waals surface area (Å²) < 4.78 is 21.6. The van der Waals surface area contributed by atoms with E-state index >= 15 is 0 Å². The van der Waals surface area contributed by atoms with Crippen molar-refractivity contribution in [3.05, 3.63) is 93.1 Å². The van der Waals surface area contributed by atoms with Gasteiger partial charge in [-0.3, -0.25) is 9.48 Å². The molecule has 0 unspecified atom stereocenters. The van der Waals surface area contributed by atoms with Crippen LogP contribution in [-0.2, 0) is 13.3 Å². The number of hydrogen-bond donors (Lipinski definition) is 1. The lowest BCUT2D eigenvalue weighted by Crippen LogP contribution is -2.15. The molecule has 4 aromatic rings. The fourth-order valence-corrected chi connectivity index (χ4v) is 3.45. The molecule has 0 aliphatic heterocycles. The summed E-state index contributed by atoms with van der Waals surface area (Å²) in [6.45, 7) is 0.413. The predicted octanol–water partition coefficient (Wildman–Crippen LogP) is 5.52. The lowest BCUT2D eigenvalue weighted by molar-refractivity contribution is 0.101. The van der Waals surface area contributed by atoms with Crippen LogP contribution in [0.1, 0.15) is 16.1 Å². The number of ether oxygens (including phenoxy) is 1. The second-order valence-electron chi connectivity index (χ2n) is 6.69. The lowest BCUT2D eigenvalue weighted by Gasteiger charge is -2.08. The van der Waals surface area contributed by atoms with Gasteiger partial charge in [-0.05, 0) is 42.0 Å². The SMILES string of the molecule is O=C(Nc1nn(Cc2ccc(F)cc2)cc1Cl)c1ccn(COc2ccc(Cl)cc2Cl)n1. The first-order valence-corrected chi connectivity index (χ1v) is 10.4. The van der Waals surface area contributed by atoms with Gasteiger partial charge in [0.2, 0.25) is 0 Å². The zero-order valence-electron chi connectivity index (χ0n) is 16.3. The molecule has 4 rings (SSSR count). The van der Waals surface area contributed by atoms with Crippen LogP contribution >= 0.6 is 34.8 Å². The predicted molar refractivity (Wildman–Crippen MR) is 120 cm³/mol. The fourth-order valence-electron chi connectivity index (χ4n) is 2.79. The van der Waals surface area contributed by atoms with Crippen molar-refractivity contribution in [2.75, 3.05) is 5.32 Å². The molecular formula is C21H15Cl3FN5O2. The number of rotatable bonds is 7. The molecule has 0 bridgehead atoms. The van der Waals surface area contributed by atoms with Gasteiger partial charge in [0.25, 0.3) is 5.91 Å². The van der Waals surface area contributed by atoms with Crippen molar-refractivity contribution in [2.45, 2.75) is 13.3 Å². The Morgan fingerprint density at radius 2 is 1.78 bits per heavy atom. The van der Waals surface area contributed by atoms with E-state index in [1.807, 2.05) is 0 Å². The van der Waals surface area contributed by atoms with E-state index in [0.717, 1.165) is 5.56 Å². The van der Waals surface area contributed by atoms with E-state index in [9.17, 15) is 9.18 Å². The van der Waals surface area contributed by atoms with E-state index in [1.165, 1.54) is 22.9 Å². The quantitative estimate of drug-likeness (QED) is 0.367. The Kier molecular flexibility index (Phi) is 6.64. The van der Waals surface area contributed by atoms with Crippen LogP contribution in [0.5, 0.6) is 5.75 Å². The minimum Gasteiger partial charge on any atom is -0.470 e. The van der Waals surface area contributed by atoms with Gasteiger partial charge in [-0.1, -0.05) is 46.9 Å². The van der Waals surface area contributed by atoms with E-state index < -0.39 is 5.91 Å². The molecule has 164 valence electrons. The summed E-state index contributed by atoms with van der Waals surface area (Å²) in [4.78, 5) is 12.5. The number of carbonyl (C=O) groups is 1. The molecule has 0 saturated heterocycles. The summed E-state index contributed by atoms with van der Waals surface area (Å²) in [5.74, 6) is -0.169. The zero-order chi connectivity index (χ0) is 22.7. The van der Waals surface area contributed by atoms with Crippen molar-refractivity contribution in [3.8, 4) is 5.75 Å². The number of nitrogens with zero attached hydrogens (tertiary/aromatic N) is 4. The second kappa shape index (κ2) is 9.60. The average Bonchev–Trinajstić information content (AvgIpc) is 3.36. The van der Waals surface area contributed by atoms with Gasteiger partial charge in [-0.2, -0.15) is 10.2 Å². The number of carbonyl (C=O) groups excluding carboxylic acids is 1. The van der Waals surface area contributed by atoms with Gasteiger partial charge in [0, 0.05) is 17.4 Å². The Bertz CT molecular complexity index is 1260. The zero-order valence-corrected chi connectivity index (χ0v) is 18.6. The standard InChI is InChI=1S/C21H15Cl3FN5O2/c22-14-3-6-19(16(23)9-14)32-12-29-8-7-18(27-29)21(31)26-20-17(24)11-30(28-20)10-13-1-4-15(25)5-2-13/h1-9,11H,10,12H2,(H,26,28,31). The first-order chi connectivity index (χ1) is 15.4. The molecule has 11 heteroatoms. The summed E-state index contributed by atoms with van der Waals surface area (Å²) in [5, 5.41) is 12.2. The maximum Gasteiger partial charge on any atom is 0.277 e. The molecular weight excluding hydrogens is 480 g/mol. The summed E-state index contributed by atoms with van der Waals surface area (Å²) in [6.07, 6.45) is 3.16. The number of halogens is 4. The Morgan fingerprint density at radius 3 is 2.53 bits per heavy atom. The first-order valence-electron chi connectivity index (χ1n) is 9.27. The average molecular weight is 495 g/mol. The normalized spacial score (nSPS) is 10.9. The van der Waals surface area contributed by atoms with Crippen LogP contribution in [0.2, 0.25) is 15.1 Å². The number of aromatic nitrogens is 4. The van der Waals surface area contributed by atoms with Gasteiger partial charge in [-0.25, -0.2) is 9.07 Å². The van der Waals surface area contributed by atoms with Crippen LogP contribution in [-0.4, -0.2) is 25.5 Å². The highest BCUT2D eigenvalue weighted by molar-refractivity contribution is 6.35. The van der Waals surface area contributed by atoms with Gasteiger partial charge in [0.1, 0.15) is 16.6 Å². The molecule has 2 aromatic heterocycles. The molecule has 2 heterocycles. The van der Waals surface area contributed by atoms with E-state index in [-0.39, 0.29) is 29.1 Å². The summed E-state index contributed by atoms with van der Waals surface area (Å²) in [6, 6.07) is 12.4. The Morgan fingerprint density at radius 1 is 1.00 bits per heavy atom. The third-order valence-corrected chi connectivity index (χ3v) is 5.13. The summed E-state index contributed by atoms with van der Waals surface area (Å²) in [7, 11) is 0. The molecule has 0 radical (unpaired) electrons. The van der Waals surface area contributed by atoms with E-state index in [4.69, 9.17) is 39.5 Å². The smallest absolute Gasteiger partial charge is 0.277 e. The monoisotopic (exact) mass is 493 g/mol. The molecule has 0 fully saturated rings. The fraction of sp³-hybridized carbons (Fsp3) is 0.0952. The first kappa shape index (κ1) is 22.1. The molecule has 7 nitrogen and oxygen atoms in total. The minimum absolute atomic E-state index is 0.0433. The van der Waals surface area contributed by atoms with Crippen molar-refractivity contribution >= 4 is 46.5 Å². The van der Waals surface area contributed by atoms with Gasteiger partial charge >= 0.3 is 0 Å². The third-order valence-electron chi connectivity index (χ3n) is 4.33. The topological polar surface area (TPSA) is 74.0 Å². The number of benzene rings is 2. The molecule has 0 atom stereocenters. The Hall–Kier alpha value is -3.07. The van der Waals surface area contributed by atoms with Crippen LogP contribution in [0.15, 0.2) is 60.9 Å². The van der Waals surface area contributed by atoms with Gasteiger partial charge in [0.15, 0.2) is 18.2 Å². The van der Waals surface area contributed by atoms with E-state index in [0.29, 0.717) is 22.3 Å². The Balaban J connectivity index is 1.37. The maximum atomic E-state index is 13.0. The van der Waals surface area contributed by atoms with Crippen LogP contribution in [0.3, 0.4) is 0 Å². The van der Waals surface area contributed by atoms with Crippen molar-refractivity contribution in [2.24, 2.45) is 0 Å². The highest BCUT2D eigenvalue weighted by Crippen LogP contribution is 2.27. The Labute approximate surface area is 197 Å². The highest BCUT2D eigenvalue weighted by Gasteiger charge is 2.15. The maximum absolute atomic E-state index is 13.0. The highest BCUT2D eigenvalue weighted by atomic mass is 35.5. The van der Waals surface area contributed by atoms with E-state index in [2.05, 4.69) is 15.5 Å². The number of nitrogens with one attached hydrogen (secondary N) is 1. The largest absolute Gasteiger partial charge is 0.470 e. The van der Waals surface area contributed by atoms with Gasteiger partial charge < -0.3 is 10.1 Å². The van der Waals surface area contributed by atoms with Crippen LogP contribution < -0.4 is 10.1 Å². The van der Waals surface area contributed by atoms with Crippen LogP contribution in [0.4, 0.5) is 10.2 Å². The molecule has 0 aliphatic carbocycles. The number of anilines is 1. The molecule has 0 spiro atoms. The minimum atomic E-state index is -0.484. The van der Waals surface area contributed by atoms with Gasteiger partial charge in [-0.15, -0.1) is 0 Å². The van der Waals surface area contributed by atoms with Crippen molar-refractivity contribution < 1.29 is 13.9 Å². The van der Waals surface area contributed by atoms with Crippen LogP contribution in [0, 0.1) is 5.82 Å². The molecule has 1 amide bonds. The van der Waals surface area contributed by atoms with E-state index in [1.54, 1.807) is 47.4 Å². The molecule has 2 aromatic carbocycles. The molecule has 0 saturated carbocycles. The van der Waals surface area contributed by atoms with Crippen molar-refractivity contribution in [1.82, 2.24) is 19.6 Å². The van der Waals surface area contributed by atoms with Crippen molar-refractivity contribution in [1.29, 1.82) is 0 Å². The molecule has 1 N–H and O–H groups in total. The lowest BCUT2D eigenvalue weighted by atomic mass is 10.2. The number of amides is 1. The van der Waals surface area contributed by atoms with Gasteiger partial charge in [0.05, 0.1) is 11.6 Å². The third kappa shape index (κ3) is 5.40.